The van der Waals surface area contributed by atoms with Crippen LogP contribution in [0.4, 0.5) is 0 Å². The molecule has 5 nitrogen and oxygen atoms in total. The van der Waals surface area contributed by atoms with Crippen LogP contribution in [0.5, 0.6) is 0 Å². The van der Waals surface area contributed by atoms with Gasteiger partial charge in [0.2, 0.25) is 11.8 Å². The molecule has 2 atom stereocenters. The lowest BCUT2D eigenvalue weighted by atomic mass is 10.0. The Morgan fingerprint density at radius 2 is 1.44 bits per heavy atom. The minimum atomic E-state index is -0.625. The normalized spacial score (nSPS) is 16.1. The van der Waals surface area contributed by atoms with E-state index >= 15 is 0 Å². The van der Waals surface area contributed by atoms with E-state index in [2.05, 4.69) is 5.32 Å². The van der Waals surface area contributed by atoms with Crippen LogP contribution in [0.2, 0.25) is 0 Å². The van der Waals surface area contributed by atoms with Crippen LogP contribution >= 0.6 is 0 Å². The van der Waals surface area contributed by atoms with Crippen LogP contribution < -0.4 is 5.32 Å². The summed E-state index contributed by atoms with van der Waals surface area (Å²) < 4.78 is 5.69. The fraction of sp³-hybridized carbons (Fsp3) is 0.310. The summed E-state index contributed by atoms with van der Waals surface area (Å²) in [6.07, 6.45) is 2.71. The summed E-state index contributed by atoms with van der Waals surface area (Å²) in [4.78, 5) is 28.9. The van der Waals surface area contributed by atoms with Gasteiger partial charge in [-0.2, -0.15) is 0 Å². The predicted octanol–water partition coefficient (Wildman–Crippen LogP) is 4.16. The van der Waals surface area contributed by atoms with Crippen LogP contribution in [0, 0.1) is 0 Å². The molecule has 1 heterocycles. The van der Waals surface area contributed by atoms with Crippen molar-refractivity contribution in [2.24, 2.45) is 0 Å². The van der Waals surface area contributed by atoms with Crippen molar-refractivity contribution < 1.29 is 14.3 Å². The van der Waals surface area contributed by atoms with E-state index in [1.165, 1.54) is 0 Å². The first-order chi connectivity index (χ1) is 16.7. The Labute approximate surface area is 201 Å². The highest BCUT2D eigenvalue weighted by atomic mass is 16.5. The lowest BCUT2D eigenvalue weighted by Crippen LogP contribution is -2.52. The molecular weight excluding hydrogens is 424 g/mol. The molecule has 0 spiro atoms. The topological polar surface area (TPSA) is 58.6 Å². The number of rotatable bonds is 10. The number of carbonyl (C=O) groups excluding carboxylic acids is 2. The second-order valence-electron chi connectivity index (χ2n) is 8.76. The molecule has 0 bridgehead atoms. The zero-order valence-corrected chi connectivity index (χ0v) is 19.4. The molecule has 1 N–H and O–H groups in total. The molecule has 3 aromatic carbocycles. The molecule has 1 saturated heterocycles. The maximum atomic E-state index is 13.6. The van der Waals surface area contributed by atoms with Crippen LogP contribution in [0.25, 0.3) is 0 Å². The van der Waals surface area contributed by atoms with E-state index < -0.39 is 6.04 Å². The van der Waals surface area contributed by atoms with Crippen molar-refractivity contribution in [2.75, 3.05) is 13.2 Å². The van der Waals surface area contributed by atoms with E-state index in [-0.39, 0.29) is 24.3 Å². The van der Waals surface area contributed by atoms with Gasteiger partial charge in [0, 0.05) is 26.1 Å². The molecule has 1 aliphatic rings. The lowest BCUT2D eigenvalue weighted by molar-refractivity contribution is -0.141. The van der Waals surface area contributed by atoms with Crippen molar-refractivity contribution in [3.8, 4) is 0 Å². The highest BCUT2D eigenvalue weighted by molar-refractivity contribution is 5.88. The van der Waals surface area contributed by atoms with E-state index in [1.54, 1.807) is 4.90 Å². The molecule has 0 saturated carbocycles. The number of amides is 2. The predicted molar refractivity (Wildman–Crippen MR) is 133 cm³/mol. The SMILES string of the molecule is O=C(NC[C@H]1CCCO1)[C@@H](Cc1ccccc1)N(Cc1ccccc1)C(=O)Cc1ccccc1. The number of carbonyl (C=O) groups is 2. The van der Waals surface area contributed by atoms with E-state index in [0.29, 0.717) is 19.5 Å². The molecule has 1 fully saturated rings. The molecule has 1 aliphatic heterocycles. The number of hydrogen-bond donors (Lipinski definition) is 1. The van der Waals surface area contributed by atoms with Gasteiger partial charge in [-0.3, -0.25) is 9.59 Å². The Morgan fingerprint density at radius 3 is 2.03 bits per heavy atom. The molecule has 5 heteroatoms. The Balaban J connectivity index is 1.60. The molecule has 176 valence electrons. The Hall–Kier alpha value is -3.44. The average molecular weight is 457 g/mol. The first-order valence-corrected chi connectivity index (χ1v) is 12.0. The maximum absolute atomic E-state index is 13.6. The van der Waals surface area contributed by atoms with Crippen LogP contribution in [-0.4, -0.2) is 42.0 Å². The second-order valence-corrected chi connectivity index (χ2v) is 8.76. The minimum absolute atomic E-state index is 0.0453. The van der Waals surface area contributed by atoms with Gasteiger partial charge in [-0.1, -0.05) is 91.0 Å². The fourth-order valence-corrected chi connectivity index (χ4v) is 4.34. The standard InChI is InChI=1S/C29H32N2O3/c32-28(20-24-13-6-2-7-14-24)31(22-25-15-8-3-9-16-25)27(19-23-11-4-1-5-12-23)29(33)30-21-26-17-10-18-34-26/h1-9,11-16,26-27H,10,17-22H2,(H,30,33)/t26-,27-/m1/s1. The monoisotopic (exact) mass is 456 g/mol. The van der Waals surface area contributed by atoms with Gasteiger partial charge in [-0.15, -0.1) is 0 Å². The van der Waals surface area contributed by atoms with Crippen molar-refractivity contribution in [2.45, 2.75) is 44.4 Å². The number of nitrogens with one attached hydrogen (secondary N) is 1. The summed E-state index contributed by atoms with van der Waals surface area (Å²) in [5.41, 5.74) is 2.95. The smallest absolute Gasteiger partial charge is 0.243 e. The van der Waals surface area contributed by atoms with Gasteiger partial charge >= 0.3 is 0 Å². The van der Waals surface area contributed by atoms with Crippen LogP contribution in [0.1, 0.15) is 29.5 Å². The molecule has 0 radical (unpaired) electrons. The van der Waals surface area contributed by atoms with Crippen molar-refractivity contribution in [1.82, 2.24) is 10.2 Å². The third-order valence-electron chi connectivity index (χ3n) is 6.19. The lowest BCUT2D eigenvalue weighted by Gasteiger charge is -2.32. The van der Waals surface area contributed by atoms with Crippen molar-refractivity contribution in [3.63, 3.8) is 0 Å². The van der Waals surface area contributed by atoms with Gasteiger partial charge in [0.25, 0.3) is 0 Å². The average Bonchev–Trinajstić information content (AvgIpc) is 3.40. The van der Waals surface area contributed by atoms with Gasteiger partial charge in [-0.05, 0) is 29.5 Å². The summed E-state index contributed by atoms with van der Waals surface area (Å²) >= 11 is 0. The van der Waals surface area contributed by atoms with Crippen molar-refractivity contribution in [1.29, 1.82) is 0 Å². The van der Waals surface area contributed by atoms with Gasteiger partial charge in [0.05, 0.1) is 12.5 Å². The summed E-state index contributed by atoms with van der Waals surface area (Å²) in [6, 6.07) is 28.8. The summed E-state index contributed by atoms with van der Waals surface area (Å²) in [6.45, 7) is 1.58. The van der Waals surface area contributed by atoms with Crippen molar-refractivity contribution >= 4 is 11.8 Å². The van der Waals surface area contributed by atoms with Gasteiger partial charge in [0.15, 0.2) is 0 Å². The number of nitrogens with zero attached hydrogens (tertiary/aromatic N) is 1. The zero-order valence-electron chi connectivity index (χ0n) is 19.4. The molecule has 3 aromatic rings. The quantitative estimate of drug-likeness (QED) is 0.498. The third-order valence-corrected chi connectivity index (χ3v) is 6.19. The van der Waals surface area contributed by atoms with E-state index in [0.717, 1.165) is 36.1 Å². The molecule has 0 unspecified atom stereocenters. The summed E-state index contributed by atoms with van der Waals surface area (Å²) in [5.74, 6) is -0.208. The first-order valence-electron chi connectivity index (χ1n) is 12.0. The van der Waals surface area contributed by atoms with Gasteiger partial charge in [-0.25, -0.2) is 0 Å². The molecule has 34 heavy (non-hydrogen) atoms. The van der Waals surface area contributed by atoms with Gasteiger partial charge in [0.1, 0.15) is 6.04 Å². The largest absolute Gasteiger partial charge is 0.376 e. The van der Waals surface area contributed by atoms with E-state index in [9.17, 15) is 9.59 Å². The number of ether oxygens (including phenoxy) is 1. The molecule has 2 amide bonds. The van der Waals surface area contributed by atoms with E-state index in [1.807, 2.05) is 91.0 Å². The Morgan fingerprint density at radius 1 is 0.853 bits per heavy atom. The summed E-state index contributed by atoms with van der Waals surface area (Å²) in [5, 5.41) is 3.07. The van der Waals surface area contributed by atoms with Gasteiger partial charge < -0.3 is 15.0 Å². The highest BCUT2D eigenvalue weighted by Gasteiger charge is 2.31. The van der Waals surface area contributed by atoms with Crippen LogP contribution in [0.15, 0.2) is 91.0 Å². The van der Waals surface area contributed by atoms with Crippen LogP contribution in [-0.2, 0) is 33.7 Å². The number of hydrogen-bond acceptors (Lipinski definition) is 3. The minimum Gasteiger partial charge on any atom is -0.376 e. The fourth-order valence-electron chi connectivity index (χ4n) is 4.34. The third kappa shape index (κ3) is 6.78. The molecule has 0 aliphatic carbocycles. The Bertz CT molecular complexity index is 1030. The zero-order chi connectivity index (χ0) is 23.6. The van der Waals surface area contributed by atoms with Crippen LogP contribution in [0.3, 0.4) is 0 Å². The second kappa shape index (κ2) is 12.1. The maximum Gasteiger partial charge on any atom is 0.243 e. The van der Waals surface area contributed by atoms with Crippen molar-refractivity contribution in [3.05, 3.63) is 108 Å². The molecule has 4 rings (SSSR count). The number of benzene rings is 3. The summed E-state index contributed by atoms with van der Waals surface area (Å²) in [7, 11) is 0. The first kappa shape index (κ1) is 23.7. The Kier molecular flexibility index (Phi) is 8.47. The van der Waals surface area contributed by atoms with E-state index in [4.69, 9.17) is 4.74 Å². The molecular formula is C29H32N2O3. The molecule has 0 aromatic heterocycles. The highest BCUT2D eigenvalue weighted by Crippen LogP contribution is 2.17.